The third-order valence-electron chi connectivity index (χ3n) is 3.96. The number of hydrogen-bond acceptors (Lipinski definition) is 5. The van der Waals surface area contributed by atoms with Gasteiger partial charge in [-0.1, -0.05) is 13.8 Å². The van der Waals surface area contributed by atoms with Gasteiger partial charge in [0.05, 0.1) is 20.8 Å². The lowest BCUT2D eigenvalue weighted by atomic mass is 10.1. The van der Waals surface area contributed by atoms with Gasteiger partial charge in [0.2, 0.25) is 0 Å². The zero-order valence-corrected chi connectivity index (χ0v) is 15.3. The molecule has 1 aromatic carbocycles. The van der Waals surface area contributed by atoms with Crippen LogP contribution in [0.2, 0.25) is 0 Å². The molecule has 1 aliphatic heterocycles. The van der Waals surface area contributed by atoms with Gasteiger partial charge in [0, 0.05) is 37.8 Å². The van der Waals surface area contributed by atoms with Crippen LogP contribution in [-0.4, -0.2) is 68.8 Å². The predicted molar refractivity (Wildman–Crippen MR) is 93.2 cm³/mol. The van der Waals surface area contributed by atoms with Crippen molar-refractivity contribution in [3.05, 3.63) is 23.8 Å². The molecule has 138 valence electrons. The van der Waals surface area contributed by atoms with E-state index in [9.17, 15) is 9.59 Å². The van der Waals surface area contributed by atoms with Gasteiger partial charge in [0.15, 0.2) is 0 Å². The number of benzene rings is 1. The molecule has 0 unspecified atom stereocenters. The van der Waals surface area contributed by atoms with Gasteiger partial charge in [-0.15, -0.1) is 0 Å². The minimum absolute atomic E-state index is 0.104. The molecular formula is C18H26N2O5. The first-order chi connectivity index (χ1) is 11.9. The summed E-state index contributed by atoms with van der Waals surface area (Å²) >= 11 is 0. The molecule has 25 heavy (non-hydrogen) atoms. The number of carbonyl (C=O) groups excluding carboxylic acids is 2. The number of hydrogen-bond donors (Lipinski definition) is 0. The van der Waals surface area contributed by atoms with Crippen LogP contribution in [0.4, 0.5) is 4.79 Å². The number of ether oxygens (including phenoxy) is 3. The van der Waals surface area contributed by atoms with Crippen molar-refractivity contribution in [3.8, 4) is 11.5 Å². The number of amides is 2. The Kier molecular flexibility index (Phi) is 6.50. The van der Waals surface area contributed by atoms with Gasteiger partial charge in [-0.2, -0.15) is 0 Å². The topological polar surface area (TPSA) is 68.3 Å². The largest absolute Gasteiger partial charge is 0.497 e. The van der Waals surface area contributed by atoms with Crippen molar-refractivity contribution in [3.63, 3.8) is 0 Å². The normalized spacial score (nSPS) is 14.4. The molecule has 0 radical (unpaired) electrons. The van der Waals surface area contributed by atoms with Crippen molar-refractivity contribution in [1.82, 2.24) is 9.80 Å². The van der Waals surface area contributed by atoms with E-state index >= 15 is 0 Å². The fourth-order valence-electron chi connectivity index (χ4n) is 2.53. The average molecular weight is 350 g/mol. The lowest BCUT2D eigenvalue weighted by Gasteiger charge is -2.34. The molecule has 1 heterocycles. The molecule has 0 N–H and O–H groups in total. The second kappa shape index (κ2) is 8.60. The Bertz CT molecular complexity index is 587. The van der Waals surface area contributed by atoms with Crippen LogP contribution < -0.4 is 9.47 Å². The van der Waals surface area contributed by atoms with Crippen LogP contribution in [0.1, 0.15) is 24.2 Å². The molecule has 0 bridgehead atoms. The smallest absolute Gasteiger partial charge is 0.409 e. The van der Waals surface area contributed by atoms with E-state index in [0.29, 0.717) is 55.8 Å². The fourth-order valence-corrected chi connectivity index (χ4v) is 2.53. The number of carbonyl (C=O) groups is 2. The minimum Gasteiger partial charge on any atom is -0.497 e. The summed E-state index contributed by atoms with van der Waals surface area (Å²) in [4.78, 5) is 28.1. The second-order valence-corrected chi connectivity index (χ2v) is 6.35. The van der Waals surface area contributed by atoms with E-state index in [1.165, 1.54) is 0 Å². The van der Waals surface area contributed by atoms with Crippen LogP contribution in [0.25, 0.3) is 0 Å². The highest BCUT2D eigenvalue weighted by Gasteiger charge is 2.26. The second-order valence-electron chi connectivity index (χ2n) is 6.35. The van der Waals surface area contributed by atoms with Crippen molar-refractivity contribution in [2.24, 2.45) is 5.92 Å². The number of rotatable bonds is 5. The van der Waals surface area contributed by atoms with E-state index in [4.69, 9.17) is 14.2 Å². The van der Waals surface area contributed by atoms with E-state index in [1.807, 2.05) is 13.8 Å². The van der Waals surface area contributed by atoms with Crippen molar-refractivity contribution >= 4 is 12.0 Å². The maximum Gasteiger partial charge on any atom is 0.409 e. The Morgan fingerprint density at radius 3 is 1.96 bits per heavy atom. The molecule has 1 fully saturated rings. The standard InChI is InChI=1S/C18H26N2O5/c1-13(2)12-25-18(22)20-7-5-19(6-8-20)17(21)14-9-15(23-3)11-16(10-14)24-4/h9-11,13H,5-8,12H2,1-4H3. The lowest BCUT2D eigenvalue weighted by molar-refractivity contribution is 0.0535. The Hall–Kier alpha value is -2.44. The van der Waals surface area contributed by atoms with Crippen molar-refractivity contribution < 1.29 is 23.8 Å². The third kappa shape index (κ3) is 5.01. The van der Waals surface area contributed by atoms with E-state index in [0.717, 1.165) is 0 Å². The predicted octanol–water partition coefficient (Wildman–Crippen LogP) is 2.25. The first-order valence-corrected chi connectivity index (χ1v) is 8.38. The number of methoxy groups -OCH3 is 2. The van der Waals surface area contributed by atoms with Gasteiger partial charge in [-0.05, 0) is 18.1 Å². The summed E-state index contributed by atoms with van der Waals surface area (Å²) in [5, 5.41) is 0. The highest BCUT2D eigenvalue weighted by molar-refractivity contribution is 5.95. The Morgan fingerprint density at radius 1 is 0.960 bits per heavy atom. The first-order valence-electron chi connectivity index (χ1n) is 8.38. The number of nitrogens with zero attached hydrogens (tertiary/aromatic N) is 2. The fraction of sp³-hybridized carbons (Fsp3) is 0.556. The van der Waals surface area contributed by atoms with Crippen molar-refractivity contribution in [2.75, 3.05) is 47.0 Å². The monoisotopic (exact) mass is 350 g/mol. The lowest BCUT2D eigenvalue weighted by Crippen LogP contribution is -2.50. The summed E-state index contributed by atoms with van der Waals surface area (Å²) in [7, 11) is 3.09. The maximum atomic E-state index is 12.7. The molecule has 7 heteroatoms. The molecule has 0 aliphatic carbocycles. The van der Waals surface area contributed by atoms with Crippen LogP contribution in [0.3, 0.4) is 0 Å². The molecule has 1 saturated heterocycles. The minimum atomic E-state index is -0.316. The summed E-state index contributed by atoms with van der Waals surface area (Å²) in [5.74, 6) is 1.33. The van der Waals surface area contributed by atoms with Gasteiger partial charge in [-0.3, -0.25) is 4.79 Å². The summed E-state index contributed by atoms with van der Waals surface area (Å²) in [6.07, 6.45) is -0.316. The summed E-state index contributed by atoms with van der Waals surface area (Å²) in [5.41, 5.74) is 0.507. The van der Waals surface area contributed by atoms with Gasteiger partial charge in [0.25, 0.3) is 5.91 Å². The van der Waals surface area contributed by atoms with E-state index in [2.05, 4.69) is 0 Å². The van der Waals surface area contributed by atoms with Crippen molar-refractivity contribution in [2.45, 2.75) is 13.8 Å². The zero-order valence-electron chi connectivity index (χ0n) is 15.3. The first kappa shape index (κ1) is 18.9. The molecule has 0 saturated carbocycles. The Balaban J connectivity index is 1.96. The van der Waals surface area contributed by atoms with E-state index < -0.39 is 0 Å². The molecule has 0 spiro atoms. The Morgan fingerprint density at radius 2 is 1.48 bits per heavy atom. The van der Waals surface area contributed by atoms with E-state index in [-0.39, 0.29) is 12.0 Å². The van der Waals surface area contributed by atoms with Crippen LogP contribution in [0.15, 0.2) is 18.2 Å². The quantitative estimate of drug-likeness (QED) is 0.815. The van der Waals surface area contributed by atoms with E-state index in [1.54, 1.807) is 42.2 Å². The third-order valence-corrected chi connectivity index (χ3v) is 3.96. The van der Waals surface area contributed by atoms with Gasteiger partial charge in [-0.25, -0.2) is 4.79 Å². The van der Waals surface area contributed by atoms with Crippen LogP contribution in [0, 0.1) is 5.92 Å². The molecule has 2 rings (SSSR count). The van der Waals surface area contributed by atoms with Crippen LogP contribution in [-0.2, 0) is 4.74 Å². The van der Waals surface area contributed by atoms with Crippen LogP contribution in [0.5, 0.6) is 11.5 Å². The van der Waals surface area contributed by atoms with Crippen LogP contribution >= 0.6 is 0 Å². The Labute approximate surface area is 148 Å². The SMILES string of the molecule is COc1cc(OC)cc(C(=O)N2CCN(C(=O)OCC(C)C)CC2)c1. The molecule has 1 aromatic rings. The number of piperazine rings is 1. The van der Waals surface area contributed by atoms with Crippen molar-refractivity contribution in [1.29, 1.82) is 0 Å². The van der Waals surface area contributed by atoms with Gasteiger partial charge in [0.1, 0.15) is 11.5 Å². The maximum absolute atomic E-state index is 12.7. The molecule has 2 amide bonds. The molecule has 1 aliphatic rings. The summed E-state index contributed by atoms with van der Waals surface area (Å²) < 4.78 is 15.7. The summed E-state index contributed by atoms with van der Waals surface area (Å²) in [6, 6.07) is 5.10. The molecule has 0 atom stereocenters. The summed E-state index contributed by atoms with van der Waals surface area (Å²) in [6.45, 7) is 6.25. The highest BCUT2D eigenvalue weighted by atomic mass is 16.6. The molecular weight excluding hydrogens is 324 g/mol. The van der Waals surface area contributed by atoms with Gasteiger partial charge < -0.3 is 24.0 Å². The average Bonchev–Trinajstić information content (AvgIpc) is 2.65. The van der Waals surface area contributed by atoms with Gasteiger partial charge >= 0.3 is 6.09 Å². The zero-order chi connectivity index (χ0) is 18.4. The molecule has 0 aromatic heterocycles. The highest BCUT2D eigenvalue weighted by Crippen LogP contribution is 2.23. The molecule has 7 nitrogen and oxygen atoms in total.